The number of fused-ring (bicyclic) bond motifs is 1. The van der Waals surface area contributed by atoms with Gasteiger partial charge in [-0.2, -0.15) is 16.4 Å². The third kappa shape index (κ3) is 2.78. The van der Waals surface area contributed by atoms with Crippen LogP contribution in [0.3, 0.4) is 0 Å². The zero-order valence-electron chi connectivity index (χ0n) is 13.6. The molecule has 0 saturated heterocycles. The number of furan rings is 1. The van der Waals surface area contributed by atoms with Gasteiger partial charge in [0.15, 0.2) is 0 Å². The first-order chi connectivity index (χ1) is 11.7. The van der Waals surface area contributed by atoms with Crippen molar-refractivity contribution in [3.05, 3.63) is 63.5 Å². The standard InChI is InChI=1S/C18H19N3O2S/c1-20-17-6-2-5-15(17)16(19-20)11-21(10-14-4-3-8-23-14)18(22)13-7-9-24-12-13/h3-4,7-9,12H,2,5-6,10-11H2,1H3. The number of hydrogen-bond acceptors (Lipinski definition) is 4. The predicted molar refractivity (Wildman–Crippen MR) is 91.8 cm³/mol. The second-order valence-corrected chi connectivity index (χ2v) is 6.88. The largest absolute Gasteiger partial charge is 0.467 e. The summed E-state index contributed by atoms with van der Waals surface area (Å²) in [6.45, 7) is 0.964. The van der Waals surface area contributed by atoms with E-state index in [4.69, 9.17) is 4.42 Å². The summed E-state index contributed by atoms with van der Waals surface area (Å²) in [5.74, 6) is 0.802. The highest BCUT2D eigenvalue weighted by molar-refractivity contribution is 7.08. The molecule has 3 heterocycles. The molecule has 0 aromatic carbocycles. The first kappa shape index (κ1) is 15.2. The molecule has 1 aliphatic rings. The number of aromatic nitrogens is 2. The van der Waals surface area contributed by atoms with Crippen LogP contribution >= 0.6 is 11.3 Å². The maximum atomic E-state index is 12.9. The minimum atomic E-state index is 0.0186. The molecule has 0 unspecified atom stereocenters. The van der Waals surface area contributed by atoms with E-state index in [0.29, 0.717) is 13.1 Å². The van der Waals surface area contributed by atoms with Gasteiger partial charge in [0.2, 0.25) is 0 Å². The van der Waals surface area contributed by atoms with Crippen LogP contribution in [0.15, 0.2) is 39.6 Å². The Morgan fingerprint density at radius 3 is 3.04 bits per heavy atom. The SMILES string of the molecule is Cn1nc(CN(Cc2ccco2)C(=O)c2ccsc2)c2c1CCC2. The van der Waals surface area contributed by atoms with Crippen LogP contribution < -0.4 is 0 Å². The summed E-state index contributed by atoms with van der Waals surface area (Å²) in [6.07, 6.45) is 4.95. The fourth-order valence-electron chi connectivity index (χ4n) is 3.36. The molecule has 0 bridgehead atoms. The maximum Gasteiger partial charge on any atom is 0.255 e. The number of rotatable bonds is 5. The fourth-order valence-corrected chi connectivity index (χ4v) is 3.99. The normalized spacial score (nSPS) is 13.2. The molecule has 1 aliphatic carbocycles. The molecule has 0 radical (unpaired) electrons. The molecule has 6 heteroatoms. The summed E-state index contributed by atoms with van der Waals surface area (Å²) in [6, 6.07) is 5.61. The van der Waals surface area contributed by atoms with Gasteiger partial charge in [-0.3, -0.25) is 9.48 Å². The van der Waals surface area contributed by atoms with Crippen molar-refractivity contribution in [1.29, 1.82) is 0 Å². The molecule has 24 heavy (non-hydrogen) atoms. The molecule has 124 valence electrons. The first-order valence-electron chi connectivity index (χ1n) is 8.10. The third-order valence-electron chi connectivity index (χ3n) is 4.52. The first-order valence-corrected chi connectivity index (χ1v) is 9.04. The maximum absolute atomic E-state index is 12.9. The van der Waals surface area contributed by atoms with E-state index < -0.39 is 0 Å². The monoisotopic (exact) mass is 341 g/mol. The highest BCUT2D eigenvalue weighted by atomic mass is 32.1. The number of hydrogen-bond donors (Lipinski definition) is 0. The lowest BCUT2D eigenvalue weighted by molar-refractivity contribution is 0.0715. The summed E-state index contributed by atoms with van der Waals surface area (Å²) >= 11 is 1.53. The van der Waals surface area contributed by atoms with Gasteiger partial charge in [0.05, 0.1) is 30.6 Å². The van der Waals surface area contributed by atoms with Crippen LogP contribution in [0.5, 0.6) is 0 Å². The lowest BCUT2D eigenvalue weighted by Crippen LogP contribution is -2.30. The Labute approximate surface area is 144 Å². The molecule has 0 N–H and O–H groups in total. The molecule has 5 nitrogen and oxygen atoms in total. The van der Waals surface area contributed by atoms with E-state index in [1.54, 1.807) is 6.26 Å². The van der Waals surface area contributed by atoms with Crippen LogP contribution in [0.4, 0.5) is 0 Å². The Morgan fingerprint density at radius 1 is 1.38 bits per heavy atom. The van der Waals surface area contributed by atoms with Crippen molar-refractivity contribution in [1.82, 2.24) is 14.7 Å². The van der Waals surface area contributed by atoms with E-state index in [9.17, 15) is 4.79 Å². The van der Waals surface area contributed by atoms with E-state index in [2.05, 4.69) is 5.10 Å². The van der Waals surface area contributed by atoms with Crippen molar-refractivity contribution < 1.29 is 9.21 Å². The summed E-state index contributed by atoms with van der Waals surface area (Å²) in [5, 5.41) is 8.48. The van der Waals surface area contributed by atoms with Crippen molar-refractivity contribution in [2.45, 2.75) is 32.4 Å². The van der Waals surface area contributed by atoms with Gasteiger partial charge >= 0.3 is 0 Å². The Kier molecular flexibility index (Phi) is 3.98. The highest BCUT2D eigenvalue weighted by Gasteiger charge is 2.25. The number of carbonyl (C=O) groups excluding carboxylic acids is 1. The molecular formula is C18H19N3O2S. The van der Waals surface area contributed by atoms with E-state index in [0.717, 1.165) is 29.9 Å². The topological polar surface area (TPSA) is 51.3 Å². The van der Waals surface area contributed by atoms with E-state index in [1.807, 2.05) is 45.6 Å². The predicted octanol–water partition coefficient (Wildman–Crippen LogP) is 3.41. The van der Waals surface area contributed by atoms with Gasteiger partial charge in [-0.15, -0.1) is 0 Å². The molecule has 0 saturated carbocycles. The van der Waals surface area contributed by atoms with Crippen molar-refractivity contribution in [2.24, 2.45) is 7.05 Å². The lowest BCUT2D eigenvalue weighted by Gasteiger charge is -2.21. The Balaban J connectivity index is 1.63. The molecule has 3 aromatic heterocycles. The van der Waals surface area contributed by atoms with Crippen LogP contribution in [0.2, 0.25) is 0 Å². The van der Waals surface area contributed by atoms with E-state index >= 15 is 0 Å². The smallest absolute Gasteiger partial charge is 0.255 e. The number of thiophene rings is 1. The fraction of sp³-hybridized carbons (Fsp3) is 0.333. The van der Waals surface area contributed by atoms with Gasteiger partial charge in [0.1, 0.15) is 5.76 Å². The molecule has 3 aromatic rings. The summed E-state index contributed by atoms with van der Waals surface area (Å²) < 4.78 is 7.42. The number of aryl methyl sites for hydroxylation is 1. The highest BCUT2D eigenvalue weighted by Crippen LogP contribution is 2.26. The Bertz CT molecular complexity index is 834. The van der Waals surface area contributed by atoms with Crippen molar-refractivity contribution >= 4 is 17.2 Å². The average molecular weight is 341 g/mol. The molecule has 0 aliphatic heterocycles. The molecule has 0 atom stereocenters. The second kappa shape index (κ2) is 6.28. The minimum absolute atomic E-state index is 0.0186. The number of amides is 1. The lowest BCUT2D eigenvalue weighted by atomic mass is 10.1. The molecule has 0 fully saturated rings. The van der Waals surface area contributed by atoms with Gasteiger partial charge < -0.3 is 9.32 Å². The Morgan fingerprint density at radius 2 is 2.29 bits per heavy atom. The second-order valence-electron chi connectivity index (χ2n) is 6.10. The summed E-state index contributed by atoms with van der Waals surface area (Å²) in [4.78, 5) is 14.7. The zero-order chi connectivity index (χ0) is 16.5. The van der Waals surface area contributed by atoms with Gasteiger partial charge in [0, 0.05) is 18.1 Å². The van der Waals surface area contributed by atoms with Crippen LogP contribution in [0.25, 0.3) is 0 Å². The quantitative estimate of drug-likeness (QED) is 0.715. The number of nitrogens with zero attached hydrogens (tertiary/aromatic N) is 3. The average Bonchev–Trinajstić information content (AvgIpc) is 3.35. The van der Waals surface area contributed by atoms with Gasteiger partial charge in [-0.25, -0.2) is 0 Å². The number of carbonyl (C=O) groups is 1. The summed E-state index contributed by atoms with van der Waals surface area (Å²) in [5.41, 5.74) is 4.37. The van der Waals surface area contributed by atoms with Crippen LogP contribution in [0.1, 0.15) is 39.5 Å². The van der Waals surface area contributed by atoms with Crippen LogP contribution in [0, 0.1) is 0 Å². The van der Waals surface area contributed by atoms with Gasteiger partial charge in [-0.1, -0.05) is 0 Å². The van der Waals surface area contributed by atoms with Crippen molar-refractivity contribution in [2.75, 3.05) is 0 Å². The van der Waals surface area contributed by atoms with Crippen LogP contribution in [-0.4, -0.2) is 20.6 Å². The van der Waals surface area contributed by atoms with Gasteiger partial charge in [-0.05, 0) is 48.4 Å². The third-order valence-corrected chi connectivity index (χ3v) is 5.20. The minimum Gasteiger partial charge on any atom is -0.467 e. The van der Waals surface area contributed by atoms with Gasteiger partial charge in [0.25, 0.3) is 5.91 Å². The molecular weight excluding hydrogens is 322 g/mol. The van der Waals surface area contributed by atoms with Crippen molar-refractivity contribution in [3.8, 4) is 0 Å². The van der Waals surface area contributed by atoms with Crippen LogP contribution in [-0.2, 0) is 33.0 Å². The van der Waals surface area contributed by atoms with E-state index in [1.165, 1.54) is 29.0 Å². The van der Waals surface area contributed by atoms with E-state index in [-0.39, 0.29) is 5.91 Å². The molecule has 0 spiro atoms. The molecule has 1 amide bonds. The Hall–Kier alpha value is -2.34. The molecule has 4 rings (SSSR count). The summed E-state index contributed by atoms with van der Waals surface area (Å²) in [7, 11) is 1.99. The van der Waals surface area contributed by atoms with Crippen molar-refractivity contribution in [3.63, 3.8) is 0 Å². The zero-order valence-corrected chi connectivity index (χ0v) is 14.4.